The van der Waals surface area contributed by atoms with E-state index in [1.807, 2.05) is 49.4 Å². The summed E-state index contributed by atoms with van der Waals surface area (Å²) >= 11 is 0. The Kier molecular flexibility index (Phi) is 7.82. The number of benzene rings is 1. The second-order valence-electron chi connectivity index (χ2n) is 10.8. The fourth-order valence-corrected chi connectivity index (χ4v) is 6.30. The number of carbonyl (C=O) groups is 2. The van der Waals surface area contributed by atoms with E-state index in [0.29, 0.717) is 30.8 Å². The maximum Gasteiger partial charge on any atom is 0.306 e. The zero-order valence-electron chi connectivity index (χ0n) is 20.9. The fourth-order valence-electron chi connectivity index (χ4n) is 6.30. The molecule has 8 atom stereocenters. The minimum Gasteiger partial charge on any atom is -0.448 e. The number of esters is 1. The lowest BCUT2D eigenvalue weighted by Crippen LogP contribution is -2.61. The molecule has 0 unspecified atom stereocenters. The van der Waals surface area contributed by atoms with Crippen LogP contribution in [-0.2, 0) is 20.7 Å². The smallest absolute Gasteiger partial charge is 0.306 e. The summed E-state index contributed by atoms with van der Waals surface area (Å²) in [5, 5.41) is 24.8. The van der Waals surface area contributed by atoms with Crippen LogP contribution < -0.4 is 5.32 Å². The molecule has 2 fully saturated rings. The first-order chi connectivity index (χ1) is 16.7. The van der Waals surface area contributed by atoms with Crippen molar-refractivity contribution >= 4 is 11.9 Å². The first-order valence-electron chi connectivity index (χ1n) is 13.0. The summed E-state index contributed by atoms with van der Waals surface area (Å²) < 4.78 is 6.14. The van der Waals surface area contributed by atoms with E-state index in [0.717, 1.165) is 24.8 Å². The topological polar surface area (TPSA) is 95.9 Å². The van der Waals surface area contributed by atoms with Crippen LogP contribution in [0.15, 0.2) is 54.6 Å². The number of rotatable bonds is 2. The number of amides is 1. The Labute approximate surface area is 208 Å². The third kappa shape index (κ3) is 5.10. The van der Waals surface area contributed by atoms with Crippen LogP contribution >= 0.6 is 0 Å². The van der Waals surface area contributed by atoms with E-state index in [1.54, 1.807) is 0 Å². The molecule has 0 bridgehead atoms. The molecule has 1 saturated carbocycles. The molecular weight excluding hydrogens is 442 g/mol. The van der Waals surface area contributed by atoms with E-state index < -0.39 is 29.7 Å². The monoisotopic (exact) mass is 481 g/mol. The summed E-state index contributed by atoms with van der Waals surface area (Å²) in [6.07, 6.45) is 6.53. The van der Waals surface area contributed by atoms with Crippen molar-refractivity contribution in [3.05, 3.63) is 60.2 Å². The first kappa shape index (κ1) is 25.6. The Morgan fingerprint density at radius 3 is 2.60 bits per heavy atom. The van der Waals surface area contributed by atoms with Crippen molar-refractivity contribution in [3.8, 4) is 0 Å². The van der Waals surface area contributed by atoms with Gasteiger partial charge in [0.15, 0.2) is 0 Å². The van der Waals surface area contributed by atoms with Crippen LogP contribution in [0.3, 0.4) is 0 Å². The molecule has 2 heterocycles. The normalized spacial score (nSPS) is 39.5. The lowest BCUT2D eigenvalue weighted by atomic mass is 9.59. The van der Waals surface area contributed by atoms with Crippen LogP contribution in [0.1, 0.15) is 57.9 Å². The molecule has 3 N–H and O–H groups in total. The second-order valence-corrected chi connectivity index (χ2v) is 10.8. The van der Waals surface area contributed by atoms with Gasteiger partial charge in [-0.25, -0.2) is 0 Å². The standard InChI is InChI=1S/C29H39NO5/c1-18-9-7-13-22(31)15-16-25(32)35-29-23(14-8-10-18)27(33)20(3)19(2)26(29)24(30-28(29)34)17-21-11-5-4-6-12-21/h4-6,8,11-12,14,18-19,22-24,26-27,31,33H,3,7,9-10,13,15-17H2,1-2H3,(H,30,34)/b14-8+/t18-,19-,22-,23-,24-,26+,27+,29-/m0/s1. The molecule has 1 spiro atoms. The average Bonchev–Trinajstić information content (AvgIpc) is 3.09. The van der Waals surface area contributed by atoms with Crippen LogP contribution in [0.4, 0.5) is 0 Å². The summed E-state index contributed by atoms with van der Waals surface area (Å²) in [4.78, 5) is 26.9. The number of allylic oxidation sites excluding steroid dienone is 1. The molecule has 0 aromatic heterocycles. The van der Waals surface area contributed by atoms with Crippen molar-refractivity contribution in [2.45, 2.75) is 82.6 Å². The molecule has 35 heavy (non-hydrogen) atoms. The van der Waals surface area contributed by atoms with Crippen LogP contribution in [0.25, 0.3) is 0 Å². The van der Waals surface area contributed by atoms with E-state index >= 15 is 0 Å². The van der Waals surface area contributed by atoms with Crippen molar-refractivity contribution in [3.63, 3.8) is 0 Å². The molecule has 0 radical (unpaired) electrons. The predicted molar refractivity (Wildman–Crippen MR) is 134 cm³/mol. The molecule has 1 aromatic rings. The highest BCUT2D eigenvalue weighted by Gasteiger charge is 2.67. The molecule has 190 valence electrons. The quantitative estimate of drug-likeness (QED) is 0.442. The third-order valence-electron chi connectivity index (χ3n) is 8.32. The Bertz CT molecular complexity index is 959. The predicted octanol–water partition coefficient (Wildman–Crippen LogP) is 3.72. The zero-order chi connectivity index (χ0) is 25.2. The molecule has 6 heteroatoms. The van der Waals surface area contributed by atoms with Gasteiger partial charge < -0.3 is 20.3 Å². The van der Waals surface area contributed by atoms with Crippen molar-refractivity contribution in [2.75, 3.05) is 0 Å². The van der Waals surface area contributed by atoms with Gasteiger partial charge in [-0.05, 0) is 48.7 Å². The Balaban J connectivity index is 1.75. The second kappa shape index (κ2) is 10.7. The van der Waals surface area contributed by atoms with Crippen LogP contribution in [0.2, 0.25) is 0 Å². The van der Waals surface area contributed by atoms with Crippen LogP contribution in [0, 0.1) is 23.7 Å². The largest absolute Gasteiger partial charge is 0.448 e. The Morgan fingerprint density at radius 2 is 1.86 bits per heavy atom. The van der Waals surface area contributed by atoms with Gasteiger partial charge >= 0.3 is 5.97 Å². The summed E-state index contributed by atoms with van der Waals surface area (Å²) in [5.41, 5.74) is 0.219. The number of hydrogen-bond donors (Lipinski definition) is 3. The SMILES string of the molecule is C=C1[C@@H](O)[C@@H]2/C=C/C[C@@H](C)CCC[C@H](O)CCC(=O)O[C@@]23C(=O)N[C@@H](Cc2ccccc2)[C@H]3[C@H]1C. The van der Waals surface area contributed by atoms with Gasteiger partial charge in [0.05, 0.1) is 18.1 Å². The zero-order valence-corrected chi connectivity index (χ0v) is 20.9. The van der Waals surface area contributed by atoms with E-state index in [2.05, 4.69) is 18.8 Å². The molecule has 1 aromatic carbocycles. The lowest BCUT2D eigenvalue weighted by Gasteiger charge is -2.49. The van der Waals surface area contributed by atoms with E-state index in [-0.39, 0.29) is 30.2 Å². The summed E-state index contributed by atoms with van der Waals surface area (Å²) in [5.74, 6) is -1.80. The minimum atomic E-state index is -1.52. The highest BCUT2D eigenvalue weighted by molar-refractivity contribution is 5.92. The van der Waals surface area contributed by atoms with Crippen LogP contribution in [-0.4, -0.2) is 45.9 Å². The van der Waals surface area contributed by atoms with Gasteiger partial charge in [0, 0.05) is 18.4 Å². The van der Waals surface area contributed by atoms with Gasteiger partial charge in [0.25, 0.3) is 5.91 Å². The van der Waals surface area contributed by atoms with Gasteiger partial charge in [-0.2, -0.15) is 0 Å². The van der Waals surface area contributed by atoms with Crippen molar-refractivity contribution in [1.29, 1.82) is 0 Å². The number of carbonyl (C=O) groups excluding carboxylic acids is 2. The van der Waals surface area contributed by atoms with Gasteiger partial charge in [0.2, 0.25) is 5.60 Å². The summed E-state index contributed by atoms with van der Waals surface area (Å²) in [7, 11) is 0. The molecular formula is C29H39NO5. The number of aliphatic hydroxyl groups is 2. The van der Waals surface area contributed by atoms with Crippen molar-refractivity contribution < 1.29 is 24.5 Å². The molecule has 3 aliphatic rings. The maximum absolute atomic E-state index is 13.8. The summed E-state index contributed by atoms with van der Waals surface area (Å²) in [6.45, 7) is 8.32. The number of ether oxygens (including phenoxy) is 1. The fraction of sp³-hybridized carbons (Fsp3) is 0.586. The number of nitrogens with one attached hydrogen (secondary N) is 1. The van der Waals surface area contributed by atoms with Gasteiger partial charge in [-0.3, -0.25) is 9.59 Å². The van der Waals surface area contributed by atoms with E-state index in [1.165, 1.54) is 0 Å². The molecule has 6 nitrogen and oxygen atoms in total. The Morgan fingerprint density at radius 1 is 1.11 bits per heavy atom. The van der Waals surface area contributed by atoms with Crippen molar-refractivity contribution in [2.24, 2.45) is 23.7 Å². The summed E-state index contributed by atoms with van der Waals surface area (Å²) in [6, 6.07) is 9.66. The first-order valence-corrected chi connectivity index (χ1v) is 13.0. The van der Waals surface area contributed by atoms with Crippen molar-refractivity contribution in [1.82, 2.24) is 5.32 Å². The van der Waals surface area contributed by atoms with E-state index in [9.17, 15) is 19.8 Å². The molecule has 1 saturated heterocycles. The van der Waals surface area contributed by atoms with Gasteiger partial charge in [-0.15, -0.1) is 0 Å². The Hall–Kier alpha value is -2.44. The lowest BCUT2D eigenvalue weighted by molar-refractivity contribution is -0.187. The third-order valence-corrected chi connectivity index (χ3v) is 8.32. The van der Waals surface area contributed by atoms with Gasteiger partial charge in [0.1, 0.15) is 0 Å². The molecule has 1 amide bonds. The number of aliphatic hydroxyl groups excluding tert-OH is 2. The minimum absolute atomic E-state index is 0.0314. The molecule has 1 aliphatic carbocycles. The molecule has 4 rings (SSSR count). The highest BCUT2D eigenvalue weighted by atomic mass is 16.6. The molecule has 2 aliphatic heterocycles. The van der Waals surface area contributed by atoms with Crippen LogP contribution in [0.5, 0.6) is 0 Å². The number of hydrogen-bond acceptors (Lipinski definition) is 5. The van der Waals surface area contributed by atoms with E-state index in [4.69, 9.17) is 4.74 Å². The van der Waals surface area contributed by atoms with Gasteiger partial charge in [-0.1, -0.05) is 75.8 Å². The maximum atomic E-state index is 13.8. The highest BCUT2D eigenvalue weighted by Crippen LogP contribution is 2.52. The average molecular weight is 482 g/mol.